The second-order valence-corrected chi connectivity index (χ2v) is 3.09. The van der Waals surface area contributed by atoms with Crippen molar-refractivity contribution in [2.45, 2.75) is 13.3 Å². The summed E-state index contributed by atoms with van der Waals surface area (Å²) in [6, 6.07) is 4.86. The maximum Gasteiger partial charge on any atom is 0.337 e. The number of rotatable bonds is 4. The van der Waals surface area contributed by atoms with Crippen LogP contribution in [0.3, 0.4) is 0 Å². The van der Waals surface area contributed by atoms with Crippen molar-refractivity contribution in [2.24, 2.45) is 0 Å². The standard InChI is InChI=1S/C11H15NO3.ClH/c1-3-6-15-10-5-4-8(7-9(10)12)11(13)14-2;/h4-5,7H,3,6,12H2,1-2H3;1H. The number of hydrogen-bond donors (Lipinski definition) is 1. The molecule has 0 saturated heterocycles. The zero-order valence-corrected chi connectivity index (χ0v) is 10.2. The lowest BCUT2D eigenvalue weighted by Gasteiger charge is -2.08. The van der Waals surface area contributed by atoms with E-state index in [2.05, 4.69) is 4.74 Å². The third-order valence-electron chi connectivity index (χ3n) is 1.89. The van der Waals surface area contributed by atoms with Gasteiger partial charge in [-0.25, -0.2) is 4.79 Å². The van der Waals surface area contributed by atoms with Crippen LogP contribution in [0.4, 0.5) is 5.69 Å². The van der Waals surface area contributed by atoms with Gasteiger partial charge in [-0.3, -0.25) is 0 Å². The predicted molar refractivity (Wildman–Crippen MR) is 65.2 cm³/mol. The van der Waals surface area contributed by atoms with Crippen molar-refractivity contribution in [3.63, 3.8) is 0 Å². The maximum atomic E-state index is 11.2. The van der Waals surface area contributed by atoms with Gasteiger partial charge >= 0.3 is 5.97 Å². The van der Waals surface area contributed by atoms with E-state index in [1.807, 2.05) is 6.92 Å². The van der Waals surface area contributed by atoms with Gasteiger partial charge in [-0.2, -0.15) is 0 Å². The summed E-state index contributed by atoms with van der Waals surface area (Å²) in [5, 5.41) is 0. The van der Waals surface area contributed by atoms with Gasteiger partial charge < -0.3 is 15.2 Å². The molecule has 5 heteroatoms. The van der Waals surface area contributed by atoms with Crippen molar-refractivity contribution >= 4 is 24.1 Å². The fourth-order valence-corrected chi connectivity index (χ4v) is 1.14. The smallest absolute Gasteiger partial charge is 0.337 e. The first kappa shape index (κ1) is 14.6. The highest BCUT2D eigenvalue weighted by Gasteiger charge is 2.08. The van der Waals surface area contributed by atoms with Crippen LogP contribution in [0, 0.1) is 0 Å². The van der Waals surface area contributed by atoms with Crippen LogP contribution in [-0.2, 0) is 4.74 Å². The number of anilines is 1. The van der Waals surface area contributed by atoms with Crippen molar-refractivity contribution in [3.8, 4) is 5.75 Å². The van der Waals surface area contributed by atoms with Crippen LogP contribution in [0.5, 0.6) is 5.75 Å². The summed E-state index contributed by atoms with van der Waals surface area (Å²) in [5.41, 5.74) is 6.60. The molecule has 0 radical (unpaired) electrons. The van der Waals surface area contributed by atoms with E-state index in [1.54, 1.807) is 18.2 Å². The SMILES string of the molecule is CCCOc1ccc(C(=O)OC)cc1N.Cl. The van der Waals surface area contributed by atoms with E-state index in [4.69, 9.17) is 10.5 Å². The zero-order chi connectivity index (χ0) is 11.3. The van der Waals surface area contributed by atoms with Gasteiger partial charge in [0, 0.05) is 0 Å². The van der Waals surface area contributed by atoms with Crippen molar-refractivity contribution < 1.29 is 14.3 Å². The van der Waals surface area contributed by atoms with E-state index in [0.717, 1.165) is 6.42 Å². The lowest BCUT2D eigenvalue weighted by Crippen LogP contribution is -2.04. The second kappa shape index (κ2) is 6.95. The number of benzene rings is 1. The van der Waals surface area contributed by atoms with Crippen molar-refractivity contribution in [3.05, 3.63) is 23.8 Å². The first-order chi connectivity index (χ1) is 7.19. The summed E-state index contributed by atoms with van der Waals surface area (Å²) in [6.45, 7) is 2.63. The number of carbonyl (C=O) groups is 1. The third kappa shape index (κ3) is 3.62. The summed E-state index contributed by atoms with van der Waals surface area (Å²) < 4.78 is 9.95. The summed E-state index contributed by atoms with van der Waals surface area (Å²) >= 11 is 0. The number of halogens is 1. The van der Waals surface area contributed by atoms with Crippen LogP contribution in [0.2, 0.25) is 0 Å². The monoisotopic (exact) mass is 245 g/mol. The van der Waals surface area contributed by atoms with Crippen LogP contribution in [-0.4, -0.2) is 19.7 Å². The minimum absolute atomic E-state index is 0. The molecule has 16 heavy (non-hydrogen) atoms. The summed E-state index contributed by atoms with van der Waals surface area (Å²) in [5.74, 6) is 0.202. The number of hydrogen-bond acceptors (Lipinski definition) is 4. The quantitative estimate of drug-likeness (QED) is 0.653. The molecule has 0 saturated carbocycles. The average molecular weight is 246 g/mol. The number of methoxy groups -OCH3 is 1. The molecule has 0 unspecified atom stereocenters. The molecule has 2 N–H and O–H groups in total. The largest absolute Gasteiger partial charge is 0.491 e. The van der Waals surface area contributed by atoms with E-state index in [1.165, 1.54) is 7.11 Å². The third-order valence-corrected chi connectivity index (χ3v) is 1.89. The van der Waals surface area contributed by atoms with Gasteiger partial charge in [0.25, 0.3) is 0 Å². The van der Waals surface area contributed by atoms with Crippen molar-refractivity contribution in [1.29, 1.82) is 0 Å². The van der Waals surface area contributed by atoms with Gasteiger partial charge in [0.15, 0.2) is 0 Å². The minimum atomic E-state index is -0.399. The fraction of sp³-hybridized carbons (Fsp3) is 0.364. The van der Waals surface area contributed by atoms with E-state index in [0.29, 0.717) is 23.6 Å². The normalized spacial score (nSPS) is 9.12. The van der Waals surface area contributed by atoms with E-state index < -0.39 is 5.97 Å². The van der Waals surface area contributed by atoms with Crippen molar-refractivity contribution in [2.75, 3.05) is 19.5 Å². The Bertz CT molecular complexity index is 355. The van der Waals surface area contributed by atoms with Gasteiger partial charge in [-0.05, 0) is 24.6 Å². The molecule has 0 aliphatic heterocycles. The lowest BCUT2D eigenvalue weighted by molar-refractivity contribution is 0.0601. The number of esters is 1. The molecule has 1 aromatic carbocycles. The lowest BCUT2D eigenvalue weighted by atomic mass is 10.2. The van der Waals surface area contributed by atoms with Gasteiger partial charge in [0.1, 0.15) is 5.75 Å². The van der Waals surface area contributed by atoms with Crippen molar-refractivity contribution in [1.82, 2.24) is 0 Å². The van der Waals surface area contributed by atoms with Crippen LogP contribution in [0.1, 0.15) is 23.7 Å². The van der Waals surface area contributed by atoms with Crippen LogP contribution in [0.25, 0.3) is 0 Å². The molecule has 4 nitrogen and oxygen atoms in total. The molecule has 0 fully saturated rings. The van der Waals surface area contributed by atoms with E-state index in [-0.39, 0.29) is 12.4 Å². The predicted octanol–water partition coefficient (Wildman–Crippen LogP) is 2.27. The zero-order valence-electron chi connectivity index (χ0n) is 9.36. The second-order valence-electron chi connectivity index (χ2n) is 3.09. The summed E-state index contributed by atoms with van der Waals surface area (Å²) in [4.78, 5) is 11.2. The molecule has 1 aromatic rings. The molecule has 0 amide bonds. The van der Waals surface area contributed by atoms with Crippen LogP contribution in [0.15, 0.2) is 18.2 Å². The highest BCUT2D eigenvalue weighted by Crippen LogP contribution is 2.22. The molecule has 0 bridgehead atoms. The van der Waals surface area contributed by atoms with Crippen LogP contribution >= 0.6 is 12.4 Å². The van der Waals surface area contributed by atoms with E-state index >= 15 is 0 Å². The molecule has 1 rings (SSSR count). The highest BCUT2D eigenvalue weighted by atomic mass is 35.5. The fourth-order valence-electron chi connectivity index (χ4n) is 1.14. The minimum Gasteiger partial charge on any atom is -0.491 e. The molecule has 0 aliphatic carbocycles. The number of nitrogen functional groups attached to an aromatic ring is 1. The first-order valence-corrected chi connectivity index (χ1v) is 4.79. The Kier molecular flexibility index (Phi) is 6.34. The molecule has 90 valence electrons. The van der Waals surface area contributed by atoms with E-state index in [9.17, 15) is 4.79 Å². The molecule has 0 spiro atoms. The molecular weight excluding hydrogens is 230 g/mol. The van der Waals surface area contributed by atoms with Gasteiger partial charge in [-0.15, -0.1) is 12.4 Å². The Hall–Kier alpha value is -1.42. The molecule has 0 aliphatic rings. The molecule has 0 atom stereocenters. The Morgan fingerprint density at radius 2 is 2.12 bits per heavy atom. The average Bonchev–Trinajstić information content (AvgIpc) is 2.26. The van der Waals surface area contributed by atoms with Gasteiger partial charge in [0.05, 0.1) is 25.0 Å². The Morgan fingerprint density at radius 1 is 1.44 bits per heavy atom. The van der Waals surface area contributed by atoms with Gasteiger partial charge in [0.2, 0.25) is 0 Å². The first-order valence-electron chi connectivity index (χ1n) is 4.79. The van der Waals surface area contributed by atoms with Gasteiger partial charge in [-0.1, -0.05) is 6.92 Å². The molecule has 0 heterocycles. The number of carbonyl (C=O) groups excluding carboxylic acids is 1. The summed E-state index contributed by atoms with van der Waals surface area (Å²) in [6.07, 6.45) is 0.915. The Morgan fingerprint density at radius 3 is 2.62 bits per heavy atom. The summed E-state index contributed by atoms with van der Waals surface area (Å²) in [7, 11) is 1.33. The topological polar surface area (TPSA) is 61.5 Å². The highest BCUT2D eigenvalue weighted by molar-refractivity contribution is 5.90. The maximum absolute atomic E-state index is 11.2. The Balaban J connectivity index is 0.00000225. The number of ether oxygens (including phenoxy) is 2. The number of nitrogens with two attached hydrogens (primary N) is 1. The Labute approximate surface area is 101 Å². The molecule has 0 aromatic heterocycles. The van der Waals surface area contributed by atoms with Crippen LogP contribution < -0.4 is 10.5 Å². The molecular formula is C11H16ClNO3.